The first-order valence-corrected chi connectivity index (χ1v) is 6.26. The molecule has 5 nitrogen and oxygen atoms in total. The molecule has 19 heavy (non-hydrogen) atoms. The molecular formula is C14H19N3O2. The zero-order valence-corrected chi connectivity index (χ0v) is 11.2. The predicted octanol–water partition coefficient (Wildman–Crippen LogP) is 2.10. The average molecular weight is 261 g/mol. The van der Waals surface area contributed by atoms with Crippen molar-refractivity contribution in [3.63, 3.8) is 0 Å². The Bertz CT molecular complexity index is 468. The first-order valence-electron chi connectivity index (χ1n) is 6.26. The molecule has 1 unspecified atom stereocenters. The SMILES string of the molecule is COCCONC(C)c1ccc(-n2ccnc2)cc1. The van der Waals surface area contributed by atoms with Gasteiger partial charge in [-0.05, 0) is 24.6 Å². The van der Waals surface area contributed by atoms with Crippen molar-refractivity contribution in [3.05, 3.63) is 48.5 Å². The lowest BCUT2D eigenvalue weighted by molar-refractivity contribution is -0.00924. The Kier molecular flexibility index (Phi) is 5.09. The summed E-state index contributed by atoms with van der Waals surface area (Å²) >= 11 is 0. The highest BCUT2D eigenvalue weighted by Crippen LogP contribution is 2.15. The summed E-state index contributed by atoms with van der Waals surface area (Å²) in [7, 11) is 1.65. The summed E-state index contributed by atoms with van der Waals surface area (Å²) in [6.07, 6.45) is 5.47. The van der Waals surface area contributed by atoms with Crippen LogP contribution in [0.2, 0.25) is 0 Å². The molecule has 0 aliphatic carbocycles. The molecule has 0 aliphatic heterocycles. The van der Waals surface area contributed by atoms with E-state index in [0.29, 0.717) is 13.2 Å². The minimum absolute atomic E-state index is 0.133. The number of ether oxygens (including phenoxy) is 1. The molecule has 1 heterocycles. The number of hydroxylamine groups is 1. The molecule has 0 amide bonds. The maximum Gasteiger partial charge on any atom is 0.0991 e. The van der Waals surface area contributed by atoms with Crippen LogP contribution < -0.4 is 5.48 Å². The van der Waals surface area contributed by atoms with Crippen LogP contribution in [0.5, 0.6) is 0 Å². The molecule has 1 aromatic carbocycles. The van der Waals surface area contributed by atoms with Crippen LogP contribution in [0.15, 0.2) is 43.0 Å². The van der Waals surface area contributed by atoms with Crippen LogP contribution in [-0.4, -0.2) is 29.9 Å². The Morgan fingerprint density at radius 3 is 2.68 bits per heavy atom. The topological polar surface area (TPSA) is 48.3 Å². The number of imidazole rings is 1. The number of aromatic nitrogens is 2. The van der Waals surface area contributed by atoms with Crippen LogP contribution in [-0.2, 0) is 9.57 Å². The smallest absolute Gasteiger partial charge is 0.0991 e. The third-order valence-corrected chi connectivity index (χ3v) is 2.85. The fourth-order valence-electron chi connectivity index (χ4n) is 1.72. The summed E-state index contributed by atoms with van der Waals surface area (Å²) in [5, 5.41) is 0. The summed E-state index contributed by atoms with van der Waals surface area (Å²) in [4.78, 5) is 9.34. The molecule has 0 radical (unpaired) electrons. The minimum atomic E-state index is 0.133. The van der Waals surface area contributed by atoms with Crippen LogP contribution in [0.1, 0.15) is 18.5 Å². The maximum atomic E-state index is 5.30. The zero-order valence-electron chi connectivity index (χ0n) is 11.2. The van der Waals surface area contributed by atoms with Gasteiger partial charge in [-0.1, -0.05) is 12.1 Å². The number of benzene rings is 1. The van der Waals surface area contributed by atoms with E-state index in [0.717, 1.165) is 5.69 Å². The summed E-state index contributed by atoms with van der Waals surface area (Å²) < 4.78 is 6.88. The molecule has 0 spiro atoms. The van der Waals surface area contributed by atoms with Crippen molar-refractivity contribution in [1.29, 1.82) is 0 Å². The number of rotatable bonds is 7. The summed E-state index contributed by atoms with van der Waals surface area (Å²) in [5.41, 5.74) is 5.25. The number of hydrogen-bond acceptors (Lipinski definition) is 4. The molecule has 1 N–H and O–H groups in total. The van der Waals surface area contributed by atoms with Crippen molar-refractivity contribution in [2.75, 3.05) is 20.3 Å². The van der Waals surface area contributed by atoms with Crippen molar-refractivity contribution in [2.45, 2.75) is 13.0 Å². The Balaban J connectivity index is 1.90. The lowest BCUT2D eigenvalue weighted by Gasteiger charge is -2.14. The van der Waals surface area contributed by atoms with Crippen molar-refractivity contribution < 1.29 is 9.57 Å². The molecule has 1 aromatic heterocycles. The van der Waals surface area contributed by atoms with Crippen molar-refractivity contribution in [1.82, 2.24) is 15.0 Å². The van der Waals surface area contributed by atoms with Crippen molar-refractivity contribution >= 4 is 0 Å². The van der Waals surface area contributed by atoms with Gasteiger partial charge < -0.3 is 9.30 Å². The standard InChI is InChI=1S/C14H19N3O2/c1-12(16-19-10-9-18-2)13-3-5-14(6-4-13)17-8-7-15-11-17/h3-8,11-12,16H,9-10H2,1-2H3. The van der Waals surface area contributed by atoms with E-state index in [2.05, 4.69) is 41.7 Å². The molecule has 1 atom stereocenters. The molecule has 102 valence electrons. The largest absolute Gasteiger partial charge is 0.382 e. The van der Waals surface area contributed by atoms with Crippen LogP contribution in [0.25, 0.3) is 5.69 Å². The third kappa shape index (κ3) is 3.89. The van der Waals surface area contributed by atoms with Gasteiger partial charge in [0.2, 0.25) is 0 Å². The molecule has 0 saturated carbocycles. The Labute approximate surface area is 113 Å². The van der Waals surface area contributed by atoms with E-state index in [1.807, 2.05) is 10.8 Å². The number of methoxy groups -OCH3 is 1. The molecule has 2 aromatic rings. The van der Waals surface area contributed by atoms with E-state index in [-0.39, 0.29) is 6.04 Å². The van der Waals surface area contributed by atoms with Gasteiger partial charge in [0, 0.05) is 25.2 Å². The lowest BCUT2D eigenvalue weighted by atomic mass is 10.1. The van der Waals surface area contributed by atoms with Gasteiger partial charge in [-0.15, -0.1) is 0 Å². The van der Waals surface area contributed by atoms with E-state index in [1.54, 1.807) is 19.6 Å². The molecule has 0 aliphatic rings. The first-order chi connectivity index (χ1) is 9.31. The number of nitrogens with zero attached hydrogens (tertiary/aromatic N) is 2. The quantitative estimate of drug-likeness (QED) is 0.612. The molecule has 2 rings (SSSR count). The molecular weight excluding hydrogens is 242 g/mol. The zero-order chi connectivity index (χ0) is 13.5. The van der Waals surface area contributed by atoms with Gasteiger partial charge in [0.05, 0.1) is 25.6 Å². The van der Waals surface area contributed by atoms with Gasteiger partial charge in [-0.2, -0.15) is 5.48 Å². The molecule has 0 bridgehead atoms. The third-order valence-electron chi connectivity index (χ3n) is 2.85. The average Bonchev–Trinajstić information content (AvgIpc) is 2.98. The fraction of sp³-hybridized carbons (Fsp3) is 0.357. The minimum Gasteiger partial charge on any atom is -0.382 e. The van der Waals surface area contributed by atoms with Gasteiger partial charge in [-0.25, -0.2) is 4.98 Å². The van der Waals surface area contributed by atoms with Gasteiger partial charge in [0.25, 0.3) is 0 Å². The van der Waals surface area contributed by atoms with Crippen molar-refractivity contribution in [2.24, 2.45) is 0 Å². The highest BCUT2D eigenvalue weighted by Gasteiger charge is 2.05. The highest BCUT2D eigenvalue weighted by atomic mass is 16.7. The second kappa shape index (κ2) is 7.04. The molecule has 0 saturated heterocycles. The second-order valence-corrected chi connectivity index (χ2v) is 4.24. The van der Waals surface area contributed by atoms with Gasteiger partial charge >= 0.3 is 0 Å². The Hall–Kier alpha value is -1.69. The highest BCUT2D eigenvalue weighted by molar-refractivity contribution is 5.35. The normalized spacial score (nSPS) is 12.5. The van der Waals surface area contributed by atoms with E-state index < -0.39 is 0 Å². The van der Waals surface area contributed by atoms with Crippen molar-refractivity contribution in [3.8, 4) is 5.69 Å². The summed E-state index contributed by atoms with van der Waals surface area (Å²) in [6, 6.07) is 8.40. The van der Waals surface area contributed by atoms with Crippen LogP contribution in [0, 0.1) is 0 Å². The van der Waals surface area contributed by atoms with E-state index in [9.17, 15) is 0 Å². The monoisotopic (exact) mass is 261 g/mol. The van der Waals surface area contributed by atoms with Gasteiger partial charge in [-0.3, -0.25) is 4.84 Å². The predicted molar refractivity (Wildman–Crippen MR) is 72.9 cm³/mol. The summed E-state index contributed by atoms with van der Waals surface area (Å²) in [5.74, 6) is 0. The second-order valence-electron chi connectivity index (χ2n) is 4.24. The van der Waals surface area contributed by atoms with Gasteiger partial charge in [0.15, 0.2) is 0 Å². The van der Waals surface area contributed by atoms with Crippen LogP contribution in [0.4, 0.5) is 0 Å². The molecule has 5 heteroatoms. The van der Waals surface area contributed by atoms with E-state index in [1.165, 1.54) is 5.56 Å². The molecule has 0 fully saturated rings. The maximum absolute atomic E-state index is 5.30. The van der Waals surface area contributed by atoms with E-state index in [4.69, 9.17) is 9.57 Å². The Morgan fingerprint density at radius 1 is 1.26 bits per heavy atom. The lowest BCUT2D eigenvalue weighted by Crippen LogP contribution is -2.21. The summed E-state index contributed by atoms with van der Waals surface area (Å²) in [6.45, 7) is 3.17. The van der Waals surface area contributed by atoms with Crippen LogP contribution >= 0.6 is 0 Å². The van der Waals surface area contributed by atoms with E-state index >= 15 is 0 Å². The number of hydrogen-bond donors (Lipinski definition) is 1. The van der Waals surface area contributed by atoms with Crippen LogP contribution in [0.3, 0.4) is 0 Å². The number of nitrogens with one attached hydrogen (secondary N) is 1. The fourth-order valence-corrected chi connectivity index (χ4v) is 1.72. The van der Waals surface area contributed by atoms with Gasteiger partial charge in [0.1, 0.15) is 0 Å². The first kappa shape index (κ1) is 13.7. The Morgan fingerprint density at radius 2 is 2.05 bits per heavy atom.